The number of amides is 1. The molecule has 0 fully saturated rings. The summed E-state index contributed by atoms with van der Waals surface area (Å²) in [4.78, 5) is 12.4. The Labute approximate surface area is 181 Å². The van der Waals surface area contributed by atoms with Crippen molar-refractivity contribution >= 4 is 27.3 Å². The monoisotopic (exact) mass is 428 g/mol. The van der Waals surface area contributed by atoms with E-state index in [2.05, 4.69) is 10.0 Å². The first-order chi connectivity index (χ1) is 15.0. The van der Waals surface area contributed by atoms with Crippen molar-refractivity contribution in [2.75, 3.05) is 10.0 Å². The topological polar surface area (TPSA) is 75.3 Å². The Morgan fingerprint density at radius 1 is 0.581 bits per heavy atom. The van der Waals surface area contributed by atoms with Crippen LogP contribution in [0.25, 0.3) is 11.1 Å². The van der Waals surface area contributed by atoms with Crippen LogP contribution in [0, 0.1) is 0 Å². The van der Waals surface area contributed by atoms with Crippen LogP contribution >= 0.6 is 0 Å². The van der Waals surface area contributed by atoms with Crippen LogP contribution in [0.1, 0.15) is 10.4 Å². The average molecular weight is 429 g/mol. The largest absolute Gasteiger partial charge is 0.322 e. The Morgan fingerprint density at radius 3 is 1.71 bits per heavy atom. The summed E-state index contributed by atoms with van der Waals surface area (Å²) in [7, 11) is -3.73. The van der Waals surface area contributed by atoms with E-state index in [9.17, 15) is 13.2 Å². The first kappa shape index (κ1) is 20.4. The highest BCUT2D eigenvalue weighted by Gasteiger charge is 2.14. The fraction of sp³-hybridized carbons (Fsp3) is 0. The Hall–Kier alpha value is -3.90. The molecule has 1 amide bonds. The molecule has 31 heavy (non-hydrogen) atoms. The van der Waals surface area contributed by atoms with Gasteiger partial charge in [0.05, 0.1) is 4.90 Å². The van der Waals surface area contributed by atoms with Crippen molar-refractivity contribution < 1.29 is 13.2 Å². The van der Waals surface area contributed by atoms with Crippen LogP contribution < -0.4 is 10.0 Å². The lowest BCUT2D eigenvalue weighted by atomic mass is 10.1. The molecule has 0 aliphatic rings. The van der Waals surface area contributed by atoms with Gasteiger partial charge in [-0.15, -0.1) is 0 Å². The highest BCUT2D eigenvalue weighted by molar-refractivity contribution is 7.92. The minimum absolute atomic E-state index is 0.175. The summed E-state index contributed by atoms with van der Waals surface area (Å²) in [6.07, 6.45) is 0. The zero-order valence-electron chi connectivity index (χ0n) is 16.5. The fourth-order valence-corrected chi connectivity index (χ4v) is 4.14. The lowest BCUT2D eigenvalue weighted by Crippen LogP contribution is -2.13. The molecule has 0 bridgehead atoms. The predicted molar refractivity (Wildman–Crippen MR) is 124 cm³/mol. The van der Waals surface area contributed by atoms with Crippen molar-refractivity contribution in [1.29, 1.82) is 0 Å². The molecule has 4 aromatic carbocycles. The van der Waals surface area contributed by atoms with E-state index in [1.807, 2.05) is 36.4 Å². The quantitative estimate of drug-likeness (QED) is 0.431. The molecule has 0 saturated carbocycles. The van der Waals surface area contributed by atoms with Gasteiger partial charge in [-0.1, -0.05) is 60.7 Å². The van der Waals surface area contributed by atoms with Crippen LogP contribution in [0.4, 0.5) is 11.4 Å². The molecule has 4 aromatic rings. The van der Waals surface area contributed by atoms with Crippen molar-refractivity contribution in [1.82, 2.24) is 0 Å². The van der Waals surface area contributed by atoms with E-state index in [1.54, 1.807) is 72.8 Å². The molecule has 0 spiro atoms. The molecular formula is C25H20N2O3S. The summed E-state index contributed by atoms with van der Waals surface area (Å²) in [6.45, 7) is 0. The first-order valence-corrected chi connectivity index (χ1v) is 11.1. The number of hydrogen-bond donors (Lipinski definition) is 2. The van der Waals surface area contributed by atoms with E-state index in [0.29, 0.717) is 16.9 Å². The van der Waals surface area contributed by atoms with E-state index in [1.165, 1.54) is 0 Å². The van der Waals surface area contributed by atoms with Gasteiger partial charge in [-0.25, -0.2) is 8.42 Å². The van der Waals surface area contributed by atoms with Crippen LogP contribution in [0.2, 0.25) is 0 Å². The van der Waals surface area contributed by atoms with Gasteiger partial charge in [-0.3, -0.25) is 9.52 Å². The molecule has 6 heteroatoms. The van der Waals surface area contributed by atoms with Gasteiger partial charge < -0.3 is 5.32 Å². The lowest BCUT2D eigenvalue weighted by molar-refractivity contribution is 0.102. The molecule has 2 N–H and O–H groups in total. The summed E-state index contributed by atoms with van der Waals surface area (Å²) in [5.74, 6) is -0.229. The summed E-state index contributed by atoms with van der Waals surface area (Å²) < 4.78 is 28.0. The second-order valence-corrected chi connectivity index (χ2v) is 8.58. The maximum atomic E-state index is 12.7. The number of rotatable bonds is 6. The van der Waals surface area contributed by atoms with E-state index < -0.39 is 10.0 Å². The number of carbonyl (C=O) groups excluding carboxylic acids is 1. The van der Waals surface area contributed by atoms with Gasteiger partial charge >= 0.3 is 0 Å². The van der Waals surface area contributed by atoms with E-state index in [0.717, 1.165) is 11.1 Å². The van der Waals surface area contributed by atoms with Crippen molar-refractivity contribution in [3.63, 3.8) is 0 Å². The number of sulfonamides is 1. The molecule has 4 rings (SSSR count). The van der Waals surface area contributed by atoms with Gasteiger partial charge in [0.2, 0.25) is 0 Å². The van der Waals surface area contributed by atoms with E-state index in [4.69, 9.17) is 0 Å². The predicted octanol–water partition coefficient (Wildman–Crippen LogP) is 5.41. The molecule has 5 nitrogen and oxygen atoms in total. The average Bonchev–Trinajstić information content (AvgIpc) is 2.81. The van der Waals surface area contributed by atoms with Crippen molar-refractivity contribution in [3.8, 4) is 11.1 Å². The smallest absolute Gasteiger partial charge is 0.261 e. The normalized spacial score (nSPS) is 11.0. The van der Waals surface area contributed by atoms with E-state index >= 15 is 0 Å². The number of nitrogens with one attached hydrogen (secondary N) is 2. The SMILES string of the molecule is O=C(Nc1ccc(NS(=O)(=O)c2ccc(-c3ccccc3)cc2)cc1)c1ccccc1. The van der Waals surface area contributed by atoms with Crippen LogP contribution in [0.3, 0.4) is 0 Å². The molecule has 154 valence electrons. The Kier molecular flexibility index (Phi) is 5.82. The highest BCUT2D eigenvalue weighted by Crippen LogP contribution is 2.23. The van der Waals surface area contributed by atoms with Crippen LogP contribution in [0.15, 0.2) is 114 Å². The molecule has 0 aliphatic heterocycles. The number of anilines is 2. The Morgan fingerprint density at radius 2 is 1.10 bits per heavy atom. The van der Waals surface area contributed by atoms with Crippen LogP contribution in [0.5, 0.6) is 0 Å². The molecule has 0 unspecified atom stereocenters. The third-order valence-corrected chi connectivity index (χ3v) is 6.10. The van der Waals surface area contributed by atoms with Crippen LogP contribution in [-0.4, -0.2) is 14.3 Å². The maximum absolute atomic E-state index is 12.7. The fourth-order valence-electron chi connectivity index (χ4n) is 3.09. The van der Waals surface area contributed by atoms with E-state index in [-0.39, 0.29) is 10.8 Å². The third-order valence-electron chi connectivity index (χ3n) is 4.70. The number of carbonyl (C=O) groups is 1. The molecular weight excluding hydrogens is 408 g/mol. The van der Waals surface area contributed by atoms with Gasteiger partial charge in [0.15, 0.2) is 0 Å². The minimum Gasteiger partial charge on any atom is -0.322 e. The van der Waals surface area contributed by atoms with Gasteiger partial charge in [-0.2, -0.15) is 0 Å². The second kappa shape index (κ2) is 8.85. The van der Waals surface area contributed by atoms with Gasteiger partial charge in [-0.05, 0) is 59.7 Å². The lowest BCUT2D eigenvalue weighted by Gasteiger charge is -2.10. The summed E-state index contributed by atoms with van der Waals surface area (Å²) in [5, 5.41) is 2.79. The van der Waals surface area contributed by atoms with Gasteiger partial charge in [0, 0.05) is 16.9 Å². The zero-order valence-corrected chi connectivity index (χ0v) is 17.3. The molecule has 0 aromatic heterocycles. The molecule has 0 saturated heterocycles. The summed E-state index contributed by atoms with van der Waals surface area (Å²) >= 11 is 0. The third kappa shape index (κ3) is 4.99. The number of hydrogen-bond acceptors (Lipinski definition) is 3. The Bertz CT molecular complexity index is 1270. The minimum atomic E-state index is -3.73. The number of benzene rings is 4. The molecule has 0 aliphatic carbocycles. The molecule has 0 heterocycles. The van der Waals surface area contributed by atoms with Crippen LogP contribution in [-0.2, 0) is 10.0 Å². The van der Waals surface area contributed by atoms with Gasteiger partial charge in [0.1, 0.15) is 0 Å². The standard InChI is InChI=1S/C25H20N2O3S/c28-25(21-9-5-2-6-10-21)26-22-13-15-23(16-14-22)27-31(29,30)24-17-11-20(12-18-24)19-7-3-1-4-8-19/h1-18,27H,(H,26,28). The Balaban J connectivity index is 1.44. The van der Waals surface area contributed by atoms with Crippen molar-refractivity contribution in [3.05, 3.63) is 115 Å². The summed E-state index contributed by atoms with van der Waals surface area (Å²) in [5.41, 5.74) is 3.49. The summed E-state index contributed by atoms with van der Waals surface area (Å²) in [6, 6.07) is 31.9. The maximum Gasteiger partial charge on any atom is 0.261 e. The first-order valence-electron chi connectivity index (χ1n) is 9.66. The van der Waals surface area contributed by atoms with Crippen molar-refractivity contribution in [2.24, 2.45) is 0 Å². The second-order valence-electron chi connectivity index (χ2n) is 6.89. The molecule has 0 atom stereocenters. The molecule has 0 radical (unpaired) electrons. The van der Waals surface area contributed by atoms with Gasteiger partial charge in [0.25, 0.3) is 15.9 Å². The zero-order chi connectivity index (χ0) is 21.7. The highest BCUT2D eigenvalue weighted by atomic mass is 32.2. The van der Waals surface area contributed by atoms with Crippen molar-refractivity contribution in [2.45, 2.75) is 4.90 Å².